The van der Waals surface area contributed by atoms with Crippen molar-refractivity contribution in [1.82, 2.24) is 10.3 Å². The van der Waals surface area contributed by atoms with Crippen LogP contribution in [0.5, 0.6) is 0 Å². The van der Waals surface area contributed by atoms with Gasteiger partial charge in [-0.1, -0.05) is 11.6 Å². The van der Waals surface area contributed by atoms with E-state index in [2.05, 4.69) is 31.0 Å². The topological polar surface area (TPSA) is 106 Å². The number of nitrogens with zero attached hydrogens (tertiary/aromatic N) is 1. The van der Waals surface area contributed by atoms with Crippen molar-refractivity contribution in [3.63, 3.8) is 0 Å². The van der Waals surface area contributed by atoms with Gasteiger partial charge in [0.25, 0.3) is 5.91 Å². The summed E-state index contributed by atoms with van der Waals surface area (Å²) in [6, 6.07) is 0.191. The molecule has 1 rings (SSSR count). The Morgan fingerprint density at radius 2 is 2.19 bits per heavy atom. The summed E-state index contributed by atoms with van der Waals surface area (Å²) < 4.78 is 4.95. The maximum atomic E-state index is 12.0. The predicted molar refractivity (Wildman–Crippen MR) is 77.1 cm³/mol. The number of aromatic nitrogens is 1. The number of carbonyl (C=O) groups excluding carboxylic acids is 2. The summed E-state index contributed by atoms with van der Waals surface area (Å²) in [5.41, 5.74) is 0.0374. The van der Waals surface area contributed by atoms with Crippen LogP contribution in [0.2, 0.25) is 5.15 Å². The zero-order chi connectivity index (χ0) is 16.0. The number of hydrogen-bond donors (Lipinski definition) is 2. The normalized spacial score (nSPS) is 11.6. The minimum absolute atomic E-state index is 0.0374. The van der Waals surface area contributed by atoms with Gasteiger partial charge in [-0.15, -0.1) is 0 Å². The molecule has 0 spiro atoms. The Kier molecular flexibility index (Phi) is 6.57. The summed E-state index contributed by atoms with van der Waals surface area (Å²) in [4.78, 5) is 37.9. The first-order valence-corrected chi connectivity index (χ1v) is 6.93. The van der Waals surface area contributed by atoms with Gasteiger partial charge in [-0.2, -0.15) is 0 Å². The number of pyridine rings is 1. The number of carboxylic acid groups (broad SMARTS) is 1. The molecule has 1 amide bonds. The fourth-order valence-corrected chi connectivity index (χ4v) is 1.96. The Hall–Kier alpha value is -1.67. The first-order chi connectivity index (χ1) is 9.85. The van der Waals surface area contributed by atoms with Crippen LogP contribution in [0.4, 0.5) is 0 Å². The molecule has 0 aliphatic carbocycles. The second-order valence-corrected chi connectivity index (χ2v) is 5.24. The van der Waals surface area contributed by atoms with Crippen LogP contribution in [0.15, 0.2) is 16.7 Å². The predicted octanol–water partition coefficient (Wildman–Crippen LogP) is 1.63. The van der Waals surface area contributed by atoms with Gasteiger partial charge in [0, 0.05) is 17.1 Å². The summed E-state index contributed by atoms with van der Waals surface area (Å²) in [5, 5.41) is 11.3. The first kappa shape index (κ1) is 17.4. The van der Waals surface area contributed by atoms with Gasteiger partial charge in [0.05, 0.1) is 12.7 Å². The third-order valence-corrected chi connectivity index (χ3v) is 3.25. The van der Waals surface area contributed by atoms with Gasteiger partial charge >= 0.3 is 11.9 Å². The van der Waals surface area contributed by atoms with E-state index in [0.717, 1.165) is 0 Å². The van der Waals surface area contributed by atoms with Crippen molar-refractivity contribution in [2.75, 3.05) is 7.11 Å². The average Bonchev–Trinajstić information content (AvgIpc) is 2.44. The van der Waals surface area contributed by atoms with Gasteiger partial charge in [0.2, 0.25) is 0 Å². The van der Waals surface area contributed by atoms with Crippen molar-refractivity contribution < 1.29 is 24.2 Å². The van der Waals surface area contributed by atoms with Gasteiger partial charge in [-0.05, 0) is 28.4 Å². The Labute approximate surface area is 133 Å². The number of halogens is 2. The van der Waals surface area contributed by atoms with Gasteiger partial charge in [-0.25, -0.2) is 9.78 Å². The van der Waals surface area contributed by atoms with Crippen molar-refractivity contribution in [3.05, 3.63) is 27.5 Å². The van der Waals surface area contributed by atoms with Crippen molar-refractivity contribution in [3.8, 4) is 0 Å². The molecule has 0 fully saturated rings. The zero-order valence-electron chi connectivity index (χ0n) is 10.9. The number of ether oxygens (including phenoxy) is 1. The number of esters is 1. The van der Waals surface area contributed by atoms with E-state index in [4.69, 9.17) is 16.7 Å². The van der Waals surface area contributed by atoms with Crippen LogP contribution in [0.1, 0.15) is 23.2 Å². The first-order valence-electron chi connectivity index (χ1n) is 5.76. The molecular weight excluding hydrogens is 367 g/mol. The maximum absolute atomic E-state index is 12.0. The van der Waals surface area contributed by atoms with E-state index in [1.165, 1.54) is 19.4 Å². The van der Waals surface area contributed by atoms with E-state index in [1.807, 2.05) is 0 Å². The van der Waals surface area contributed by atoms with Crippen molar-refractivity contribution in [1.29, 1.82) is 0 Å². The van der Waals surface area contributed by atoms with Crippen LogP contribution in [0.3, 0.4) is 0 Å². The molecule has 0 aliphatic heterocycles. The zero-order valence-corrected chi connectivity index (χ0v) is 13.3. The van der Waals surface area contributed by atoms with Crippen LogP contribution in [-0.2, 0) is 14.3 Å². The molecule has 0 aliphatic rings. The standard InChI is InChI=1S/C12H12BrClN2O5/c1-21-9(17)3-2-8(12(19)20)16-11(18)7-4-6(13)5-15-10(7)14/h4-5,8H,2-3H2,1H3,(H,16,18)(H,19,20)/t8-/m0/s1. The highest BCUT2D eigenvalue weighted by Gasteiger charge is 2.23. The SMILES string of the molecule is COC(=O)CC[C@H](NC(=O)c1cc(Br)cnc1Cl)C(=O)O. The smallest absolute Gasteiger partial charge is 0.326 e. The molecule has 0 unspecified atom stereocenters. The molecule has 0 radical (unpaired) electrons. The van der Waals surface area contributed by atoms with Crippen molar-refractivity contribution in [2.45, 2.75) is 18.9 Å². The number of aliphatic carboxylic acids is 1. The molecule has 7 nitrogen and oxygen atoms in total. The molecule has 1 aromatic rings. The van der Waals surface area contributed by atoms with Gasteiger partial charge < -0.3 is 15.2 Å². The number of nitrogens with one attached hydrogen (secondary N) is 1. The molecular formula is C12H12BrClN2O5. The highest BCUT2D eigenvalue weighted by molar-refractivity contribution is 9.10. The fraction of sp³-hybridized carbons (Fsp3) is 0.333. The second kappa shape index (κ2) is 7.94. The molecule has 2 N–H and O–H groups in total. The van der Waals surface area contributed by atoms with Gasteiger partial charge in [0.15, 0.2) is 0 Å². The molecule has 114 valence electrons. The lowest BCUT2D eigenvalue weighted by molar-refractivity contribution is -0.142. The number of carboxylic acids is 1. The molecule has 0 bridgehead atoms. The summed E-state index contributed by atoms with van der Waals surface area (Å²) in [7, 11) is 1.20. The average molecular weight is 380 g/mol. The fourth-order valence-electron chi connectivity index (χ4n) is 1.44. The van der Waals surface area contributed by atoms with E-state index >= 15 is 0 Å². The highest BCUT2D eigenvalue weighted by atomic mass is 79.9. The molecule has 1 atom stereocenters. The third kappa shape index (κ3) is 5.31. The van der Waals surface area contributed by atoms with Crippen molar-refractivity contribution >= 4 is 45.4 Å². The van der Waals surface area contributed by atoms with E-state index < -0.39 is 23.9 Å². The molecule has 1 heterocycles. The molecule has 0 aromatic carbocycles. The number of methoxy groups -OCH3 is 1. The van der Waals surface area contributed by atoms with Crippen LogP contribution < -0.4 is 5.32 Å². The van der Waals surface area contributed by atoms with Gasteiger partial charge in [0.1, 0.15) is 11.2 Å². The van der Waals surface area contributed by atoms with E-state index in [9.17, 15) is 14.4 Å². The minimum Gasteiger partial charge on any atom is -0.480 e. The van der Waals surface area contributed by atoms with E-state index in [1.54, 1.807) is 0 Å². The summed E-state index contributed by atoms with van der Waals surface area (Å²) >= 11 is 8.93. The van der Waals surface area contributed by atoms with Crippen LogP contribution in [0.25, 0.3) is 0 Å². The number of rotatable bonds is 6. The molecule has 1 aromatic heterocycles. The lowest BCUT2D eigenvalue weighted by Gasteiger charge is -2.14. The Bertz CT molecular complexity index is 567. The number of carbonyl (C=O) groups is 3. The maximum Gasteiger partial charge on any atom is 0.326 e. The number of amides is 1. The monoisotopic (exact) mass is 378 g/mol. The molecule has 21 heavy (non-hydrogen) atoms. The Morgan fingerprint density at radius 3 is 2.76 bits per heavy atom. The lowest BCUT2D eigenvalue weighted by atomic mass is 10.1. The van der Waals surface area contributed by atoms with Gasteiger partial charge in [-0.3, -0.25) is 9.59 Å². The second-order valence-electron chi connectivity index (χ2n) is 3.97. The van der Waals surface area contributed by atoms with Crippen molar-refractivity contribution in [2.24, 2.45) is 0 Å². The van der Waals surface area contributed by atoms with Crippen LogP contribution in [-0.4, -0.2) is 41.1 Å². The molecule has 9 heteroatoms. The van der Waals surface area contributed by atoms with E-state index in [-0.39, 0.29) is 23.6 Å². The minimum atomic E-state index is -1.26. The van der Waals surface area contributed by atoms with Crippen LogP contribution in [0, 0.1) is 0 Å². The summed E-state index contributed by atoms with van der Waals surface area (Å²) in [6.45, 7) is 0. The summed E-state index contributed by atoms with van der Waals surface area (Å²) in [5.74, 6) is -2.50. The number of hydrogen-bond acceptors (Lipinski definition) is 5. The third-order valence-electron chi connectivity index (χ3n) is 2.52. The largest absolute Gasteiger partial charge is 0.480 e. The molecule has 0 saturated heterocycles. The Morgan fingerprint density at radius 1 is 1.52 bits per heavy atom. The summed E-state index contributed by atoms with van der Waals surface area (Å²) in [6.07, 6.45) is 1.19. The quantitative estimate of drug-likeness (QED) is 0.575. The van der Waals surface area contributed by atoms with Crippen LogP contribution >= 0.6 is 27.5 Å². The Balaban J connectivity index is 2.79. The lowest BCUT2D eigenvalue weighted by Crippen LogP contribution is -2.41. The molecule has 0 saturated carbocycles. The highest BCUT2D eigenvalue weighted by Crippen LogP contribution is 2.18. The van der Waals surface area contributed by atoms with E-state index in [0.29, 0.717) is 4.47 Å².